The Morgan fingerprint density at radius 2 is 1.87 bits per heavy atom. The first kappa shape index (κ1) is 27.3. The lowest BCUT2D eigenvalue weighted by atomic mass is 9.69. The molecule has 2 amide bonds. The van der Waals surface area contributed by atoms with Crippen molar-refractivity contribution in [2.75, 3.05) is 13.1 Å². The number of nitrogens with one attached hydrogen (secondary N) is 2. The molecular formula is C29H42N8O2. The SMILES string of the molecule is C[C@H]1CCCCN1C1=NC2(CCC(C(C)(C)C)CC2)N(CCc2ccc(C(=O)NCc3nn[nH]n3)cc2)C1=O. The minimum absolute atomic E-state index is 0.0930. The van der Waals surface area contributed by atoms with E-state index in [4.69, 9.17) is 4.99 Å². The van der Waals surface area contributed by atoms with Gasteiger partial charge in [0.1, 0.15) is 5.66 Å². The van der Waals surface area contributed by atoms with E-state index in [0.717, 1.165) is 57.1 Å². The van der Waals surface area contributed by atoms with Gasteiger partial charge >= 0.3 is 0 Å². The first-order valence-corrected chi connectivity index (χ1v) is 14.4. The number of nitrogens with zero attached hydrogens (tertiary/aromatic N) is 6. The molecule has 3 aliphatic rings. The third-order valence-electron chi connectivity index (χ3n) is 8.98. The summed E-state index contributed by atoms with van der Waals surface area (Å²) < 4.78 is 0. The van der Waals surface area contributed by atoms with E-state index in [0.29, 0.717) is 35.7 Å². The molecule has 1 aliphatic carbocycles. The average Bonchev–Trinajstić information content (AvgIpc) is 3.53. The maximum absolute atomic E-state index is 13.9. The molecule has 1 aromatic carbocycles. The molecule has 1 spiro atoms. The van der Waals surface area contributed by atoms with Gasteiger partial charge < -0.3 is 15.1 Å². The number of rotatable bonds is 6. The molecule has 39 heavy (non-hydrogen) atoms. The molecule has 1 atom stereocenters. The largest absolute Gasteiger partial charge is 0.350 e. The predicted octanol–water partition coefficient (Wildman–Crippen LogP) is 3.72. The summed E-state index contributed by atoms with van der Waals surface area (Å²) >= 11 is 0. The Balaban J connectivity index is 1.27. The van der Waals surface area contributed by atoms with Crippen molar-refractivity contribution < 1.29 is 9.59 Å². The summed E-state index contributed by atoms with van der Waals surface area (Å²) in [6.45, 7) is 10.9. The maximum atomic E-state index is 13.9. The number of piperidine rings is 1. The summed E-state index contributed by atoms with van der Waals surface area (Å²) in [5.74, 6) is 1.66. The molecule has 2 fully saturated rings. The Kier molecular flexibility index (Phi) is 7.73. The minimum Gasteiger partial charge on any atom is -0.350 e. The molecule has 10 nitrogen and oxygen atoms in total. The van der Waals surface area contributed by atoms with Crippen molar-refractivity contribution in [3.8, 4) is 0 Å². The highest BCUT2D eigenvalue weighted by atomic mass is 16.2. The molecule has 2 aromatic rings. The number of H-pyrrole nitrogens is 1. The number of amides is 2. The number of aromatic amines is 1. The third-order valence-corrected chi connectivity index (χ3v) is 8.98. The second kappa shape index (κ2) is 11.1. The van der Waals surface area contributed by atoms with E-state index >= 15 is 0 Å². The summed E-state index contributed by atoms with van der Waals surface area (Å²) in [4.78, 5) is 36.0. The first-order valence-electron chi connectivity index (χ1n) is 14.4. The van der Waals surface area contributed by atoms with Crippen LogP contribution >= 0.6 is 0 Å². The summed E-state index contributed by atoms with van der Waals surface area (Å²) in [6.07, 6.45) is 8.19. The van der Waals surface area contributed by atoms with Crippen molar-refractivity contribution in [1.29, 1.82) is 0 Å². The molecule has 1 saturated heterocycles. The minimum atomic E-state index is -0.430. The first-order chi connectivity index (χ1) is 18.7. The number of aliphatic imine (C=N–C) groups is 1. The predicted molar refractivity (Wildman–Crippen MR) is 149 cm³/mol. The van der Waals surface area contributed by atoms with E-state index in [9.17, 15) is 9.59 Å². The van der Waals surface area contributed by atoms with E-state index in [2.05, 4.69) is 63.4 Å². The Hall–Kier alpha value is -3.30. The quantitative estimate of drug-likeness (QED) is 0.583. The van der Waals surface area contributed by atoms with E-state index in [-0.39, 0.29) is 23.8 Å². The van der Waals surface area contributed by atoms with Gasteiger partial charge in [-0.2, -0.15) is 5.21 Å². The van der Waals surface area contributed by atoms with Gasteiger partial charge in [0, 0.05) is 24.7 Å². The topological polar surface area (TPSA) is 119 Å². The van der Waals surface area contributed by atoms with Gasteiger partial charge in [-0.25, -0.2) is 4.99 Å². The normalized spacial score (nSPS) is 25.7. The maximum Gasteiger partial charge on any atom is 0.291 e. The van der Waals surface area contributed by atoms with Crippen molar-refractivity contribution in [3.63, 3.8) is 0 Å². The molecule has 0 bridgehead atoms. The van der Waals surface area contributed by atoms with E-state index in [1.54, 1.807) is 0 Å². The van der Waals surface area contributed by atoms with Gasteiger partial charge in [-0.05, 0) is 87.3 Å². The molecule has 2 aliphatic heterocycles. The van der Waals surface area contributed by atoms with Crippen molar-refractivity contribution >= 4 is 17.6 Å². The number of hydrogen-bond acceptors (Lipinski definition) is 7. The van der Waals surface area contributed by atoms with E-state index in [1.165, 1.54) is 6.42 Å². The Labute approximate surface area is 231 Å². The monoisotopic (exact) mass is 534 g/mol. The van der Waals surface area contributed by atoms with Gasteiger partial charge in [-0.15, -0.1) is 10.2 Å². The number of aromatic nitrogens is 4. The van der Waals surface area contributed by atoms with Crippen molar-refractivity contribution in [2.45, 2.75) is 97.3 Å². The number of carbonyl (C=O) groups excluding carboxylic acids is 2. The van der Waals surface area contributed by atoms with Crippen LogP contribution in [0.15, 0.2) is 29.3 Å². The van der Waals surface area contributed by atoms with Crippen LogP contribution in [0.25, 0.3) is 0 Å². The lowest BCUT2D eigenvalue weighted by Crippen LogP contribution is -2.52. The molecule has 2 N–H and O–H groups in total. The number of benzene rings is 1. The van der Waals surface area contributed by atoms with E-state index in [1.807, 2.05) is 24.3 Å². The fourth-order valence-electron chi connectivity index (χ4n) is 6.43. The lowest BCUT2D eigenvalue weighted by Gasteiger charge is -2.44. The van der Waals surface area contributed by atoms with Crippen molar-refractivity contribution in [2.24, 2.45) is 16.3 Å². The van der Waals surface area contributed by atoms with Gasteiger partial charge in [0.05, 0.1) is 6.54 Å². The second-order valence-corrected chi connectivity index (χ2v) is 12.5. The zero-order valence-corrected chi connectivity index (χ0v) is 23.7. The van der Waals surface area contributed by atoms with Gasteiger partial charge in [0.2, 0.25) is 0 Å². The molecule has 1 aromatic heterocycles. The number of likely N-dealkylation sites (tertiary alicyclic amines) is 1. The molecule has 0 unspecified atom stereocenters. The van der Waals surface area contributed by atoms with Crippen molar-refractivity contribution in [1.82, 2.24) is 35.7 Å². The summed E-state index contributed by atoms with van der Waals surface area (Å²) in [7, 11) is 0. The fraction of sp³-hybridized carbons (Fsp3) is 0.655. The molecule has 3 heterocycles. The van der Waals surface area contributed by atoms with Gasteiger partial charge in [0.15, 0.2) is 11.7 Å². The fourth-order valence-corrected chi connectivity index (χ4v) is 6.43. The van der Waals surface area contributed by atoms with Gasteiger partial charge in [-0.1, -0.05) is 38.1 Å². The zero-order valence-electron chi connectivity index (χ0n) is 23.7. The molecule has 10 heteroatoms. The highest BCUT2D eigenvalue weighted by Crippen LogP contribution is 2.46. The Morgan fingerprint density at radius 1 is 1.13 bits per heavy atom. The highest BCUT2D eigenvalue weighted by Gasteiger charge is 2.51. The standard InChI is InChI=1S/C29H42N8O2/c1-20-7-5-6-17-36(20)25-27(39)37(29(31-25)15-12-23(13-16-29)28(2,3)4)18-14-21-8-10-22(11-9-21)26(38)30-19-24-32-34-35-33-24/h8-11,20,23H,5-7,12-19H2,1-4H3,(H,30,38)(H,32,33,34,35)/t20-,23?,29?/m0/s1. The van der Waals surface area contributed by atoms with Gasteiger partial charge in [-0.3, -0.25) is 9.59 Å². The number of amidine groups is 1. The third kappa shape index (κ3) is 5.84. The Morgan fingerprint density at radius 3 is 2.51 bits per heavy atom. The molecule has 210 valence electrons. The summed E-state index contributed by atoms with van der Waals surface area (Å²) in [6, 6.07) is 7.95. The molecule has 1 saturated carbocycles. The number of hydrogen-bond donors (Lipinski definition) is 2. The van der Waals surface area contributed by atoms with Crippen LogP contribution < -0.4 is 5.32 Å². The number of carbonyl (C=O) groups is 2. The van der Waals surface area contributed by atoms with Crippen LogP contribution in [0.3, 0.4) is 0 Å². The summed E-state index contributed by atoms with van der Waals surface area (Å²) in [5.41, 5.74) is 1.50. The van der Waals surface area contributed by atoms with Crippen LogP contribution in [0, 0.1) is 11.3 Å². The van der Waals surface area contributed by atoms with Crippen LogP contribution in [-0.2, 0) is 17.8 Å². The Bertz CT molecular complexity index is 1180. The number of tetrazole rings is 1. The average molecular weight is 535 g/mol. The smallest absolute Gasteiger partial charge is 0.291 e. The van der Waals surface area contributed by atoms with Crippen LogP contribution in [0.1, 0.15) is 94.4 Å². The zero-order chi connectivity index (χ0) is 27.6. The van der Waals surface area contributed by atoms with Crippen LogP contribution in [0.5, 0.6) is 0 Å². The van der Waals surface area contributed by atoms with E-state index < -0.39 is 5.66 Å². The van der Waals surface area contributed by atoms with Gasteiger partial charge in [0.25, 0.3) is 11.8 Å². The highest BCUT2D eigenvalue weighted by molar-refractivity contribution is 6.39. The second-order valence-electron chi connectivity index (χ2n) is 12.5. The molecule has 5 rings (SSSR count). The molecular weight excluding hydrogens is 492 g/mol. The van der Waals surface area contributed by atoms with Crippen molar-refractivity contribution in [3.05, 3.63) is 41.2 Å². The van der Waals surface area contributed by atoms with Crippen LogP contribution in [-0.4, -0.2) is 72.9 Å². The van der Waals surface area contributed by atoms with Crippen LogP contribution in [0.2, 0.25) is 0 Å². The lowest BCUT2D eigenvalue weighted by molar-refractivity contribution is -0.130. The van der Waals surface area contributed by atoms with Crippen LogP contribution in [0.4, 0.5) is 0 Å². The summed E-state index contributed by atoms with van der Waals surface area (Å²) in [5, 5.41) is 16.4. The molecule has 0 radical (unpaired) electrons.